The number of nitrogens with one attached hydrogen (secondary N) is 1. The third kappa shape index (κ3) is 10.3. The van der Waals surface area contributed by atoms with Gasteiger partial charge in [0.1, 0.15) is 0 Å². The smallest absolute Gasteiger partial charge is 0.0770 e. The molecule has 0 saturated heterocycles. The summed E-state index contributed by atoms with van der Waals surface area (Å²) in [6, 6.07) is 0. The third-order valence-electron chi connectivity index (χ3n) is 2.65. The first-order valence-electron chi connectivity index (χ1n) is 6.18. The topological polar surface area (TPSA) is 4.44 Å². The zero-order chi connectivity index (χ0) is 9.94. The Kier molecular flexibility index (Phi) is 15.8. The van der Waals surface area contributed by atoms with E-state index in [-0.39, 0.29) is 12.4 Å². The van der Waals surface area contributed by atoms with E-state index in [0.717, 1.165) is 0 Å². The molecular weight excluding hydrogens is 194 g/mol. The van der Waals surface area contributed by atoms with E-state index in [0.29, 0.717) is 0 Å². The molecule has 0 aliphatic carbocycles. The number of hydrogen-bond donors (Lipinski definition) is 1. The van der Waals surface area contributed by atoms with Crippen molar-refractivity contribution in [1.82, 2.24) is 0 Å². The van der Waals surface area contributed by atoms with Crippen LogP contribution in [0.5, 0.6) is 0 Å². The second-order valence-corrected chi connectivity index (χ2v) is 4.06. The van der Waals surface area contributed by atoms with Crippen molar-refractivity contribution in [2.24, 2.45) is 0 Å². The van der Waals surface area contributed by atoms with Gasteiger partial charge in [-0.15, -0.1) is 0 Å². The van der Waals surface area contributed by atoms with Crippen LogP contribution in [0.1, 0.15) is 59.3 Å². The molecule has 2 heteroatoms. The maximum absolute atomic E-state index is 2.29. The van der Waals surface area contributed by atoms with E-state index in [1.807, 2.05) is 4.90 Å². The summed E-state index contributed by atoms with van der Waals surface area (Å²) in [5.74, 6) is 0. The molecule has 0 bridgehead atoms. The number of unbranched alkanes of at least 4 members (excludes halogenated alkanes) is 3. The van der Waals surface area contributed by atoms with Gasteiger partial charge in [-0.1, -0.05) is 40.0 Å². The van der Waals surface area contributed by atoms with Gasteiger partial charge in [0.05, 0.1) is 19.6 Å². The van der Waals surface area contributed by atoms with Gasteiger partial charge in [0.25, 0.3) is 0 Å². The van der Waals surface area contributed by atoms with E-state index < -0.39 is 0 Å². The second kappa shape index (κ2) is 13.2. The zero-order valence-corrected chi connectivity index (χ0v) is 11.0. The van der Waals surface area contributed by atoms with Crippen molar-refractivity contribution >= 4 is 0 Å². The van der Waals surface area contributed by atoms with Gasteiger partial charge in [0, 0.05) is 0 Å². The summed E-state index contributed by atoms with van der Waals surface area (Å²) in [6.07, 6.45) is 8.26. The van der Waals surface area contributed by atoms with Crippen molar-refractivity contribution in [3.05, 3.63) is 0 Å². The Hall–Kier alpha value is 0.250. The molecule has 1 N–H and O–H groups in total. The van der Waals surface area contributed by atoms with Crippen LogP contribution in [0.25, 0.3) is 0 Å². The minimum absolute atomic E-state index is 0. The molecule has 0 radical (unpaired) electrons. The molecule has 1 nitrogen and oxygen atoms in total. The molecular formula is C12H28ClN. The van der Waals surface area contributed by atoms with Crippen LogP contribution >= 0.6 is 0 Å². The number of hydrogen-bond acceptors (Lipinski definition) is 0. The molecule has 0 fully saturated rings. The predicted molar refractivity (Wildman–Crippen MR) is 60.3 cm³/mol. The summed E-state index contributed by atoms with van der Waals surface area (Å²) in [4.78, 5) is 1.84. The Balaban J connectivity index is 0. The Labute approximate surface area is 96.7 Å². The van der Waals surface area contributed by atoms with Crippen LogP contribution in [0.3, 0.4) is 0 Å². The van der Waals surface area contributed by atoms with Crippen molar-refractivity contribution in [1.29, 1.82) is 0 Å². The molecule has 0 heterocycles. The molecule has 0 aliphatic heterocycles. The summed E-state index contributed by atoms with van der Waals surface area (Å²) in [7, 11) is 0. The first kappa shape index (κ1) is 16.7. The zero-order valence-electron chi connectivity index (χ0n) is 10.2. The highest BCUT2D eigenvalue weighted by Crippen LogP contribution is 1.85. The van der Waals surface area contributed by atoms with Crippen LogP contribution in [-0.2, 0) is 0 Å². The molecule has 0 spiro atoms. The minimum Gasteiger partial charge on any atom is -1.00 e. The van der Waals surface area contributed by atoms with Crippen LogP contribution in [0, 0.1) is 0 Å². The molecule has 0 aromatic rings. The molecule has 0 amide bonds. The van der Waals surface area contributed by atoms with Crippen LogP contribution in [0.15, 0.2) is 0 Å². The lowest BCUT2D eigenvalue weighted by molar-refractivity contribution is -0.900. The fourth-order valence-electron chi connectivity index (χ4n) is 1.66. The highest BCUT2D eigenvalue weighted by atomic mass is 35.5. The molecule has 0 unspecified atom stereocenters. The lowest BCUT2D eigenvalue weighted by Crippen LogP contribution is -3.12. The average Bonchev–Trinajstić information content (AvgIpc) is 2.17. The summed E-state index contributed by atoms with van der Waals surface area (Å²) >= 11 is 0. The maximum atomic E-state index is 2.29. The molecule has 0 atom stereocenters. The van der Waals surface area contributed by atoms with E-state index in [4.69, 9.17) is 0 Å². The van der Waals surface area contributed by atoms with Gasteiger partial charge in [-0.05, 0) is 19.3 Å². The van der Waals surface area contributed by atoms with Crippen molar-refractivity contribution in [2.75, 3.05) is 19.6 Å². The normalized spacial score (nSPS) is 10.3. The highest BCUT2D eigenvalue weighted by molar-refractivity contribution is 4.37. The third-order valence-corrected chi connectivity index (χ3v) is 2.65. The van der Waals surface area contributed by atoms with Gasteiger partial charge in [-0.25, -0.2) is 0 Å². The Morgan fingerprint density at radius 1 is 0.643 bits per heavy atom. The lowest BCUT2D eigenvalue weighted by Gasteiger charge is -2.18. The van der Waals surface area contributed by atoms with Crippen molar-refractivity contribution in [3.63, 3.8) is 0 Å². The van der Waals surface area contributed by atoms with Gasteiger partial charge >= 0.3 is 0 Å². The van der Waals surface area contributed by atoms with Gasteiger partial charge in [0.2, 0.25) is 0 Å². The molecule has 0 rings (SSSR count). The molecule has 0 aliphatic rings. The van der Waals surface area contributed by atoms with Crippen LogP contribution < -0.4 is 17.3 Å². The SMILES string of the molecule is CCCC[NH+](CCCC)CCCC.[Cl-]. The molecule has 14 heavy (non-hydrogen) atoms. The maximum Gasteiger partial charge on any atom is 0.0770 e. The summed E-state index contributed by atoms with van der Waals surface area (Å²) in [5, 5.41) is 0. The highest BCUT2D eigenvalue weighted by Gasteiger charge is 2.05. The van der Waals surface area contributed by atoms with E-state index in [2.05, 4.69) is 20.8 Å². The van der Waals surface area contributed by atoms with E-state index in [1.54, 1.807) is 0 Å². The summed E-state index contributed by atoms with van der Waals surface area (Å²) in [5.41, 5.74) is 0. The number of rotatable bonds is 9. The van der Waals surface area contributed by atoms with Gasteiger partial charge < -0.3 is 17.3 Å². The molecule has 0 aromatic heterocycles. The fraction of sp³-hybridized carbons (Fsp3) is 1.00. The standard InChI is InChI=1S/C12H27N.ClH/c1-4-7-10-13(11-8-5-2)12-9-6-3;/h4-12H2,1-3H3;1H. The van der Waals surface area contributed by atoms with Crippen LogP contribution in [0.4, 0.5) is 0 Å². The monoisotopic (exact) mass is 221 g/mol. The van der Waals surface area contributed by atoms with Crippen LogP contribution in [-0.4, -0.2) is 19.6 Å². The average molecular weight is 222 g/mol. The Morgan fingerprint density at radius 3 is 1.14 bits per heavy atom. The van der Waals surface area contributed by atoms with E-state index in [9.17, 15) is 0 Å². The molecule has 88 valence electrons. The largest absolute Gasteiger partial charge is 1.00 e. The summed E-state index contributed by atoms with van der Waals surface area (Å²) < 4.78 is 0. The summed E-state index contributed by atoms with van der Waals surface area (Å²) in [6.45, 7) is 11.1. The van der Waals surface area contributed by atoms with Gasteiger partial charge in [0.15, 0.2) is 0 Å². The van der Waals surface area contributed by atoms with Crippen LogP contribution in [0.2, 0.25) is 0 Å². The number of quaternary nitrogens is 1. The van der Waals surface area contributed by atoms with Gasteiger partial charge in [-0.3, -0.25) is 0 Å². The fourth-order valence-corrected chi connectivity index (χ4v) is 1.66. The quantitative estimate of drug-likeness (QED) is 0.524. The van der Waals surface area contributed by atoms with Crippen molar-refractivity contribution in [3.8, 4) is 0 Å². The van der Waals surface area contributed by atoms with Crippen molar-refractivity contribution in [2.45, 2.75) is 59.3 Å². The second-order valence-electron chi connectivity index (χ2n) is 4.06. The first-order chi connectivity index (χ1) is 6.35. The minimum atomic E-state index is 0. The van der Waals surface area contributed by atoms with E-state index >= 15 is 0 Å². The van der Waals surface area contributed by atoms with E-state index in [1.165, 1.54) is 58.2 Å². The van der Waals surface area contributed by atoms with Crippen molar-refractivity contribution < 1.29 is 17.3 Å². The Bertz CT molecular complexity index is 77.3. The molecule has 0 saturated carbocycles. The molecule has 0 aromatic carbocycles. The lowest BCUT2D eigenvalue weighted by atomic mass is 10.2. The predicted octanol–water partition coefficient (Wildman–Crippen LogP) is -0.724. The first-order valence-corrected chi connectivity index (χ1v) is 6.18. The van der Waals surface area contributed by atoms with Gasteiger partial charge in [-0.2, -0.15) is 0 Å². The number of halogens is 1. The Morgan fingerprint density at radius 2 is 0.929 bits per heavy atom.